The normalized spacial score (nSPS) is 10.6. The highest BCUT2D eigenvalue weighted by Crippen LogP contribution is 2.20. The van der Waals surface area contributed by atoms with E-state index in [1.807, 2.05) is 43.8 Å². The zero-order chi connectivity index (χ0) is 17.2. The molecule has 0 aliphatic rings. The molecule has 2 aromatic rings. The minimum Gasteiger partial charge on any atom is -0.326 e. The Bertz CT molecular complexity index is 619. The van der Waals surface area contributed by atoms with E-state index in [1.165, 1.54) is 12.0 Å². The van der Waals surface area contributed by atoms with Crippen molar-refractivity contribution in [3.05, 3.63) is 65.2 Å². The molecule has 128 valence electrons. The zero-order valence-electron chi connectivity index (χ0n) is 14.7. The number of para-hydroxylation sites is 1. The molecule has 0 aliphatic heterocycles. The Kier molecular flexibility index (Phi) is 7.90. The third kappa shape index (κ3) is 6.40. The van der Waals surface area contributed by atoms with E-state index < -0.39 is 0 Å². The van der Waals surface area contributed by atoms with Crippen LogP contribution < -0.4 is 5.32 Å². The highest BCUT2D eigenvalue weighted by atomic mass is 32.2. The summed E-state index contributed by atoms with van der Waals surface area (Å²) in [5.74, 6) is 2.33. The molecule has 0 aromatic heterocycles. The zero-order valence-corrected chi connectivity index (χ0v) is 15.5. The van der Waals surface area contributed by atoms with Gasteiger partial charge in [0.05, 0.1) is 0 Å². The van der Waals surface area contributed by atoms with Gasteiger partial charge in [-0.3, -0.25) is 4.79 Å². The maximum Gasteiger partial charge on any atom is 0.224 e. The quantitative estimate of drug-likeness (QED) is 0.620. The van der Waals surface area contributed by atoms with Crippen LogP contribution in [0.4, 0.5) is 5.69 Å². The molecule has 0 fully saturated rings. The first kappa shape index (κ1) is 18.6. The number of carbonyl (C=O) groups is 1. The molecule has 24 heavy (non-hydrogen) atoms. The van der Waals surface area contributed by atoms with Gasteiger partial charge in [-0.1, -0.05) is 48.5 Å². The number of nitrogens with one attached hydrogen (secondary N) is 1. The largest absolute Gasteiger partial charge is 0.326 e. The Morgan fingerprint density at radius 3 is 2.29 bits per heavy atom. The Labute approximate surface area is 150 Å². The van der Waals surface area contributed by atoms with E-state index in [0.717, 1.165) is 41.2 Å². The molecule has 0 saturated carbocycles. The number of hydrogen-bond donors (Lipinski definition) is 1. The Morgan fingerprint density at radius 2 is 1.58 bits per heavy atom. The predicted octanol–water partition coefficient (Wildman–Crippen LogP) is 5.39. The van der Waals surface area contributed by atoms with Crippen molar-refractivity contribution in [2.24, 2.45) is 0 Å². The molecule has 0 atom stereocenters. The van der Waals surface area contributed by atoms with E-state index in [9.17, 15) is 4.79 Å². The fourth-order valence-corrected chi connectivity index (χ4v) is 3.57. The van der Waals surface area contributed by atoms with Crippen molar-refractivity contribution < 1.29 is 4.79 Å². The van der Waals surface area contributed by atoms with Gasteiger partial charge in [0.2, 0.25) is 5.91 Å². The van der Waals surface area contributed by atoms with Crippen LogP contribution in [0, 0.1) is 13.8 Å². The van der Waals surface area contributed by atoms with Crippen LogP contribution in [0.3, 0.4) is 0 Å². The second-order valence-electron chi connectivity index (χ2n) is 6.12. The monoisotopic (exact) mass is 341 g/mol. The molecule has 0 saturated heterocycles. The van der Waals surface area contributed by atoms with Crippen molar-refractivity contribution in [3.63, 3.8) is 0 Å². The lowest BCUT2D eigenvalue weighted by molar-refractivity contribution is -0.116. The molecule has 1 amide bonds. The Hall–Kier alpha value is -1.74. The van der Waals surface area contributed by atoms with Crippen LogP contribution in [0.25, 0.3) is 0 Å². The number of anilines is 1. The highest BCUT2D eigenvalue weighted by Gasteiger charge is 2.06. The fourth-order valence-electron chi connectivity index (χ4n) is 2.67. The van der Waals surface area contributed by atoms with E-state index >= 15 is 0 Å². The van der Waals surface area contributed by atoms with E-state index in [1.54, 1.807) is 0 Å². The third-order valence-electron chi connectivity index (χ3n) is 4.04. The van der Waals surface area contributed by atoms with E-state index in [0.29, 0.717) is 6.42 Å². The van der Waals surface area contributed by atoms with E-state index in [-0.39, 0.29) is 5.91 Å². The number of amides is 1. The number of carbonyl (C=O) groups excluding carboxylic acids is 1. The average molecular weight is 342 g/mol. The van der Waals surface area contributed by atoms with Gasteiger partial charge in [0, 0.05) is 12.1 Å². The summed E-state index contributed by atoms with van der Waals surface area (Å²) in [4.78, 5) is 12.1. The van der Waals surface area contributed by atoms with Crippen molar-refractivity contribution in [1.29, 1.82) is 0 Å². The first-order chi connectivity index (χ1) is 11.7. The van der Waals surface area contributed by atoms with Gasteiger partial charge in [0.15, 0.2) is 0 Å². The van der Waals surface area contributed by atoms with Crippen molar-refractivity contribution in [1.82, 2.24) is 0 Å². The molecule has 0 heterocycles. The molecule has 1 N–H and O–H groups in total. The van der Waals surface area contributed by atoms with Crippen molar-refractivity contribution in [2.75, 3.05) is 16.8 Å². The standard InChI is InChI=1S/C21H27NOS/c1-17-9-6-10-18(2)21(17)22-20(23)14-8-16-24-15-7-13-19-11-4-3-5-12-19/h3-6,9-12H,7-8,13-16H2,1-2H3,(H,22,23). The lowest BCUT2D eigenvalue weighted by Crippen LogP contribution is -2.13. The molecule has 0 radical (unpaired) electrons. The lowest BCUT2D eigenvalue weighted by Gasteiger charge is -2.11. The van der Waals surface area contributed by atoms with Crippen molar-refractivity contribution in [2.45, 2.75) is 39.5 Å². The number of thioether (sulfide) groups is 1. The van der Waals surface area contributed by atoms with Crippen LogP contribution >= 0.6 is 11.8 Å². The van der Waals surface area contributed by atoms with Gasteiger partial charge in [-0.15, -0.1) is 0 Å². The van der Waals surface area contributed by atoms with Gasteiger partial charge < -0.3 is 5.32 Å². The van der Waals surface area contributed by atoms with Crippen molar-refractivity contribution in [3.8, 4) is 0 Å². The first-order valence-electron chi connectivity index (χ1n) is 8.64. The molecule has 0 unspecified atom stereocenters. The third-order valence-corrected chi connectivity index (χ3v) is 5.19. The molecule has 2 nitrogen and oxygen atoms in total. The second-order valence-corrected chi connectivity index (χ2v) is 7.34. The Morgan fingerprint density at radius 1 is 0.917 bits per heavy atom. The van der Waals surface area contributed by atoms with Gasteiger partial charge in [-0.2, -0.15) is 11.8 Å². The van der Waals surface area contributed by atoms with Gasteiger partial charge in [0.1, 0.15) is 0 Å². The Balaban J connectivity index is 1.56. The van der Waals surface area contributed by atoms with Gasteiger partial charge >= 0.3 is 0 Å². The summed E-state index contributed by atoms with van der Waals surface area (Å²) in [6.45, 7) is 4.07. The maximum atomic E-state index is 12.1. The number of rotatable bonds is 9. The lowest BCUT2D eigenvalue weighted by atomic mass is 10.1. The minimum atomic E-state index is 0.122. The van der Waals surface area contributed by atoms with Crippen LogP contribution in [-0.4, -0.2) is 17.4 Å². The van der Waals surface area contributed by atoms with Gasteiger partial charge in [-0.05, 0) is 61.3 Å². The molecule has 2 aromatic carbocycles. The summed E-state index contributed by atoms with van der Waals surface area (Å²) in [6.07, 6.45) is 3.87. The molecule has 2 rings (SSSR count). The minimum absolute atomic E-state index is 0.122. The van der Waals surface area contributed by atoms with Crippen molar-refractivity contribution >= 4 is 23.4 Å². The van der Waals surface area contributed by atoms with E-state index in [4.69, 9.17) is 0 Å². The summed E-state index contributed by atoms with van der Waals surface area (Å²) in [5, 5.41) is 3.05. The van der Waals surface area contributed by atoms with Gasteiger partial charge in [-0.25, -0.2) is 0 Å². The van der Waals surface area contributed by atoms with Crippen LogP contribution in [0.5, 0.6) is 0 Å². The highest BCUT2D eigenvalue weighted by molar-refractivity contribution is 7.99. The summed E-state index contributed by atoms with van der Waals surface area (Å²) in [6, 6.07) is 16.7. The summed E-state index contributed by atoms with van der Waals surface area (Å²) in [7, 11) is 0. The summed E-state index contributed by atoms with van der Waals surface area (Å²) >= 11 is 1.95. The van der Waals surface area contributed by atoms with Crippen LogP contribution in [0.2, 0.25) is 0 Å². The van der Waals surface area contributed by atoms with E-state index in [2.05, 4.69) is 35.6 Å². The average Bonchev–Trinajstić information content (AvgIpc) is 2.58. The first-order valence-corrected chi connectivity index (χ1v) is 9.80. The SMILES string of the molecule is Cc1cccc(C)c1NC(=O)CCCSCCCc1ccccc1. The molecule has 0 bridgehead atoms. The van der Waals surface area contributed by atoms with Crippen LogP contribution in [0.15, 0.2) is 48.5 Å². The molecule has 3 heteroatoms. The number of hydrogen-bond acceptors (Lipinski definition) is 2. The van der Waals surface area contributed by atoms with Crippen LogP contribution in [-0.2, 0) is 11.2 Å². The predicted molar refractivity (Wildman–Crippen MR) is 106 cm³/mol. The number of aryl methyl sites for hydroxylation is 3. The second kappa shape index (κ2) is 10.2. The fraction of sp³-hybridized carbons (Fsp3) is 0.381. The molecule has 0 spiro atoms. The smallest absolute Gasteiger partial charge is 0.224 e. The van der Waals surface area contributed by atoms with Gasteiger partial charge in [0.25, 0.3) is 0 Å². The molecule has 0 aliphatic carbocycles. The van der Waals surface area contributed by atoms with Crippen LogP contribution in [0.1, 0.15) is 36.0 Å². The summed E-state index contributed by atoms with van der Waals surface area (Å²) in [5.41, 5.74) is 4.63. The maximum absolute atomic E-state index is 12.1. The molecular formula is C21H27NOS. The molecular weight excluding hydrogens is 314 g/mol. The summed E-state index contributed by atoms with van der Waals surface area (Å²) < 4.78 is 0. The number of benzene rings is 2. The topological polar surface area (TPSA) is 29.1 Å².